The van der Waals surface area contributed by atoms with Crippen molar-refractivity contribution in [2.45, 2.75) is 0 Å². The first-order valence-electron chi connectivity index (χ1n) is 4.59. The minimum absolute atomic E-state index is 0.242. The second-order valence-electron chi connectivity index (χ2n) is 3.03. The summed E-state index contributed by atoms with van der Waals surface area (Å²) >= 11 is 0. The Morgan fingerprint density at radius 3 is 2.53 bits per heavy atom. The SMILES string of the molecule is Oc1ccc(N=Cc2ccccn2)cc1. The van der Waals surface area contributed by atoms with Crippen molar-refractivity contribution in [3.05, 3.63) is 54.4 Å². The molecule has 0 fully saturated rings. The Morgan fingerprint density at radius 1 is 1.07 bits per heavy atom. The number of pyridine rings is 1. The van der Waals surface area contributed by atoms with Crippen molar-refractivity contribution in [1.29, 1.82) is 0 Å². The van der Waals surface area contributed by atoms with E-state index in [0.717, 1.165) is 11.4 Å². The molecule has 15 heavy (non-hydrogen) atoms. The molecule has 0 aliphatic carbocycles. The predicted molar refractivity (Wildman–Crippen MR) is 59.6 cm³/mol. The molecule has 0 spiro atoms. The van der Waals surface area contributed by atoms with Crippen LogP contribution in [0.3, 0.4) is 0 Å². The second-order valence-corrected chi connectivity index (χ2v) is 3.03. The van der Waals surface area contributed by atoms with Gasteiger partial charge >= 0.3 is 0 Å². The Labute approximate surface area is 87.8 Å². The number of aromatic hydroxyl groups is 1. The Bertz CT molecular complexity index is 449. The van der Waals surface area contributed by atoms with Crippen LogP contribution >= 0.6 is 0 Å². The van der Waals surface area contributed by atoms with Gasteiger partial charge in [0.2, 0.25) is 0 Å². The van der Waals surface area contributed by atoms with E-state index in [-0.39, 0.29) is 5.75 Å². The molecule has 3 nitrogen and oxygen atoms in total. The number of benzene rings is 1. The summed E-state index contributed by atoms with van der Waals surface area (Å²) in [6.45, 7) is 0. The van der Waals surface area contributed by atoms with Crippen molar-refractivity contribution in [3.8, 4) is 5.75 Å². The zero-order valence-corrected chi connectivity index (χ0v) is 8.04. The van der Waals surface area contributed by atoms with Crippen LogP contribution in [0, 0.1) is 0 Å². The predicted octanol–water partition coefficient (Wildman–Crippen LogP) is 2.54. The zero-order chi connectivity index (χ0) is 10.5. The molecule has 0 aliphatic heterocycles. The molecule has 0 aliphatic rings. The number of aromatic nitrogens is 1. The van der Waals surface area contributed by atoms with E-state index in [4.69, 9.17) is 5.11 Å². The molecule has 1 aromatic carbocycles. The molecule has 1 aromatic heterocycles. The summed E-state index contributed by atoms with van der Waals surface area (Å²) in [5, 5.41) is 9.08. The summed E-state index contributed by atoms with van der Waals surface area (Å²) in [4.78, 5) is 8.33. The maximum atomic E-state index is 9.08. The molecule has 2 aromatic rings. The number of hydrogen-bond donors (Lipinski definition) is 1. The van der Waals surface area contributed by atoms with Gasteiger partial charge in [-0.2, -0.15) is 0 Å². The van der Waals surface area contributed by atoms with E-state index in [0.29, 0.717) is 0 Å². The maximum absolute atomic E-state index is 9.08. The highest BCUT2D eigenvalue weighted by Gasteiger charge is 1.89. The molecule has 0 bridgehead atoms. The minimum Gasteiger partial charge on any atom is -0.508 e. The molecule has 0 saturated heterocycles. The Morgan fingerprint density at radius 2 is 1.87 bits per heavy atom. The fourth-order valence-corrected chi connectivity index (χ4v) is 1.13. The van der Waals surface area contributed by atoms with Crippen LogP contribution in [0.5, 0.6) is 5.75 Å². The highest BCUT2D eigenvalue weighted by atomic mass is 16.3. The van der Waals surface area contributed by atoms with E-state index in [9.17, 15) is 0 Å². The third kappa shape index (κ3) is 2.64. The summed E-state index contributed by atoms with van der Waals surface area (Å²) in [6, 6.07) is 12.3. The molecule has 0 unspecified atom stereocenters. The Balaban J connectivity index is 2.15. The van der Waals surface area contributed by atoms with E-state index < -0.39 is 0 Å². The molecule has 74 valence electrons. The molecule has 2 rings (SSSR count). The van der Waals surface area contributed by atoms with Gasteiger partial charge in [-0.15, -0.1) is 0 Å². The lowest BCUT2D eigenvalue weighted by molar-refractivity contribution is 0.475. The molecule has 0 saturated carbocycles. The second kappa shape index (κ2) is 4.37. The van der Waals surface area contributed by atoms with Crippen LogP contribution in [0.2, 0.25) is 0 Å². The standard InChI is InChI=1S/C12H10N2O/c15-12-6-4-10(5-7-12)14-9-11-3-1-2-8-13-11/h1-9,15H. The van der Waals surface area contributed by atoms with Crippen LogP contribution in [0.4, 0.5) is 5.69 Å². The normalized spacial score (nSPS) is 10.7. The van der Waals surface area contributed by atoms with Gasteiger partial charge in [-0.1, -0.05) is 6.07 Å². The highest BCUT2D eigenvalue weighted by molar-refractivity contribution is 5.79. The number of phenolic OH excluding ortho intramolecular Hbond substituents is 1. The zero-order valence-electron chi connectivity index (χ0n) is 8.04. The fourth-order valence-electron chi connectivity index (χ4n) is 1.13. The van der Waals surface area contributed by atoms with Gasteiger partial charge in [0.1, 0.15) is 5.75 Å². The first-order valence-corrected chi connectivity index (χ1v) is 4.59. The third-order valence-corrected chi connectivity index (χ3v) is 1.88. The summed E-state index contributed by atoms with van der Waals surface area (Å²) in [7, 11) is 0. The van der Waals surface area contributed by atoms with Crippen molar-refractivity contribution < 1.29 is 5.11 Å². The Kier molecular flexibility index (Phi) is 2.74. The number of phenols is 1. The van der Waals surface area contributed by atoms with Gasteiger partial charge in [-0.3, -0.25) is 9.98 Å². The quantitative estimate of drug-likeness (QED) is 0.753. The van der Waals surface area contributed by atoms with E-state index in [1.807, 2.05) is 18.2 Å². The van der Waals surface area contributed by atoms with Gasteiger partial charge in [-0.25, -0.2) is 0 Å². The topological polar surface area (TPSA) is 45.5 Å². The fraction of sp³-hybridized carbons (Fsp3) is 0. The molecule has 0 atom stereocenters. The van der Waals surface area contributed by atoms with Crippen molar-refractivity contribution >= 4 is 11.9 Å². The first-order chi connectivity index (χ1) is 7.34. The van der Waals surface area contributed by atoms with Crippen LogP contribution in [0.25, 0.3) is 0 Å². The minimum atomic E-state index is 0.242. The average molecular weight is 198 g/mol. The van der Waals surface area contributed by atoms with E-state index >= 15 is 0 Å². The number of aliphatic imine (C=N–C) groups is 1. The van der Waals surface area contributed by atoms with Crippen molar-refractivity contribution in [2.75, 3.05) is 0 Å². The molecule has 0 amide bonds. The van der Waals surface area contributed by atoms with Crippen LogP contribution in [-0.2, 0) is 0 Å². The van der Waals surface area contributed by atoms with E-state index in [1.165, 1.54) is 0 Å². The molecule has 3 heteroatoms. The van der Waals surface area contributed by atoms with Gasteiger partial charge in [0, 0.05) is 6.20 Å². The lowest BCUT2D eigenvalue weighted by Gasteiger charge is -1.93. The smallest absolute Gasteiger partial charge is 0.115 e. The summed E-state index contributed by atoms with van der Waals surface area (Å²) in [5.41, 5.74) is 1.60. The van der Waals surface area contributed by atoms with Crippen molar-refractivity contribution in [2.24, 2.45) is 4.99 Å². The largest absolute Gasteiger partial charge is 0.508 e. The molecular formula is C12H10N2O. The molecular weight excluding hydrogens is 188 g/mol. The van der Waals surface area contributed by atoms with Gasteiger partial charge in [-0.05, 0) is 36.4 Å². The monoisotopic (exact) mass is 198 g/mol. The molecule has 1 heterocycles. The summed E-state index contributed by atoms with van der Waals surface area (Å²) in [5.74, 6) is 0.242. The highest BCUT2D eigenvalue weighted by Crippen LogP contribution is 2.16. The van der Waals surface area contributed by atoms with Gasteiger partial charge in [0.25, 0.3) is 0 Å². The first kappa shape index (κ1) is 9.40. The van der Waals surface area contributed by atoms with Gasteiger partial charge < -0.3 is 5.11 Å². The van der Waals surface area contributed by atoms with Crippen LogP contribution in [-0.4, -0.2) is 16.3 Å². The molecule has 0 radical (unpaired) electrons. The lowest BCUT2D eigenvalue weighted by atomic mass is 10.3. The van der Waals surface area contributed by atoms with Crippen molar-refractivity contribution in [3.63, 3.8) is 0 Å². The average Bonchev–Trinajstić information content (AvgIpc) is 2.30. The maximum Gasteiger partial charge on any atom is 0.115 e. The third-order valence-electron chi connectivity index (χ3n) is 1.88. The number of nitrogens with zero attached hydrogens (tertiary/aromatic N) is 2. The summed E-state index contributed by atoms with van der Waals surface area (Å²) in [6.07, 6.45) is 3.41. The van der Waals surface area contributed by atoms with E-state index in [1.54, 1.807) is 36.7 Å². The van der Waals surface area contributed by atoms with Crippen molar-refractivity contribution in [1.82, 2.24) is 4.98 Å². The number of rotatable bonds is 2. The number of hydrogen-bond acceptors (Lipinski definition) is 3. The van der Waals surface area contributed by atoms with Crippen LogP contribution in [0.15, 0.2) is 53.7 Å². The van der Waals surface area contributed by atoms with Crippen LogP contribution in [0.1, 0.15) is 5.69 Å². The molecule has 1 N–H and O–H groups in total. The van der Waals surface area contributed by atoms with Gasteiger partial charge in [0.15, 0.2) is 0 Å². The van der Waals surface area contributed by atoms with Gasteiger partial charge in [0.05, 0.1) is 17.6 Å². The van der Waals surface area contributed by atoms with Crippen LogP contribution < -0.4 is 0 Å². The summed E-state index contributed by atoms with van der Waals surface area (Å²) < 4.78 is 0. The van der Waals surface area contributed by atoms with E-state index in [2.05, 4.69) is 9.98 Å². The lowest BCUT2D eigenvalue weighted by Crippen LogP contribution is -1.83. The Hall–Kier alpha value is -2.16.